The summed E-state index contributed by atoms with van der Waals surface area (Å²) in [5.41, 5.74) is 1.16. The van der Waals surface area contributed by atoms with Crippen LogP contribution in [0, 0.1) is 0 Å². The molecule has 0 aromatic heterocycles. The van der Waals surface area contributed by atoms with Crippen molar-refractivity contribution in [3.8, 4) is 5.75 Å². The lowest BCUT2D eigenvalue weighted by atomic mass is 10.1. The van der Waals surface area contributed by atoms with Crippen LogP contribution in [-0.2, 0) is 11.3 Å². The Kier molecular flexibility index (Phi) is 6.41. The molecule has 0 bridgehead atoms. The van der Waals surface area contributed by atoms with E-state index in [1.165, 1.54) is 12.8 Å². The molecule has 0 amide bonds. The molecule has 2 nitrogen and oxygen atoms in total. The maximum atomic E-state index is 5.79. The fourth-order valence-electron chi connectivity index (χ4n) is 1.60. The second-order valence-corrected chi connectivity index (χ2v) is 4.08. The Labute approximate surface area is 104 Å². The minimum absolute atomic E-state index is 0.164. The van der Waals surface area contributed by atoms with Crippen molar-refractivity contribution in [3.05, 3.63) is 42.5 Å². The number of hydrogen-bond donors (Lipinski definition) is 0. The van der Waals surface area contributed by atoms with Crippen LogP contribution < -0.4 is 4.74 Å². The van der Waals surface area contributed by atoms with Crippen LogP contribution >= 0.6 is 0 Å². The molecule has 94 valence electrons. The molecule has 0 aliphatic heterocycles. The maximum absolute atomic E-state index is 5.79. The lowest BCUT2D eigenvalue weighted by Gasteiger charge is -2.13. The Morgan fingerprint density at radius 3 is 2.53 bits per heavy atom. The van der Waals surface area contributed by atoms with Gasteiger partial charge in [0.05, 0.1) is 19.8 Å². The van der Waals surface area contributed by atoms with E-state index < -0.39 is 0 Å². The summed E-state index contributed by atoms with van der Waals surface area (Å²) in [5.74, 6) is 0.875. The maximum Gasteiger partial charge on any atom is 0.118 e. The number of rotatable bonds is 8. The van der Waals surface area contributed by atoms with E-state index in [2.05, 4.69) is 13.5 Å². The molecule has 1 aromatic carbocycles. The average molecular weight is 234 g/mol. The van der Waals surface area contributed by atoms with E-state index in [0.29, 0.717) is 6.61 Å². The van der Waals surface area contributed by atoms with Crippen molar-refractivity contribution in [1.29, 1.82) is 0 Å². The molecule has 1 atom stereocenters. The van der Waals surface area contributed by atoms with Crippen LogP contribution in [0.15, 0.2) is 36.9 Å². The minimum Gasteiger partial charge on any atom is -0.497 e. The zero-order valence-electron chi connectivity index (χ0n) is 10.8. The molecule has 0 radical (unpaired) electrons. The van der Waals surface area contributed by atoms with Gasteiger partial charge in [-0.15, -0.1) is 6.58 Å². The van der Waals surface area contributed by atoms with Crippen molar-refractivity contribution in [1.82, 2.24) is 0 Å². The van der Waals surface area contributed by atoms with Crippen LogP contribution in [0.1, 0.15) is 31.7 Å². The van der Waals surface area contributed by atoms with Crippen molar-refractivity contribution in [2.45, 2.75) is 38.9 Å². The van der Waals surface area contributed by atoms with Crippen molar-refractivity contribution in [2.75, 3.05) is 7.11 Å². The Hall–Kier alpha value is -1.28. The van der Waals surface area contributed by atoms with Gasteiger partial charge < -0.3 is 9.47 Å². The second kappa shape index (κ2) is 7.91. The predicted molar refractivity (Wildman–Crippen MR) is 71.3 cm³/mol. The van der Waals surface area contributed by atoms with Crippen molar-refractivity contribution < 1.29 is 9.47 Å². The first-order chi connectivity index (χ1) is 8.30. The van der Waals surface area contributed by atoms with Gasteiger partial charge in [-0.2, -0.15) is 0 Å². The summed E-state index contributed by atoms with van der Waals surface area (Å²) in [5, 5.41) is 0. The highest BCUT2D eigenvalue weighted by Gasteiger charge is 2.04. The molecule has 0 aliphatic rings. The number of benzene rings is 1. The number of unbranched alkanes of at least 4 members (excludes halogenated alkanes) is 1. The van der Waals surface area contributed by atoms with Gasteiger partial charge in [-0.3, -0.25) is 0 Å². The first-order valence-corrected chi connectivity index (χ1v) is 6.17. The Bertz CT molecular complexity index is 316. The molecule has 0 spiro atoms. The highest BCUT2D eigenvalue weighted by Crippen LogP contribution is 2.14. The number of methoxy groups -OCH3 is 1. The first-order valence-electron chi connectivity index (χ1n) is 6.17. The molecule has 0 fully saturated rings. The molecule has 0 heterocycles. The van der Waals surface area contributed by atoms with E-state index in [1.54, 1.807) is 7.11 Å². The van der Waals surface area contributed by atoms with Gasteiger partial charge in [0.25, 0.3) is 0 Å². The summed E-state index contributed by atoms with van der Waals surface area (Å²) >= 11 is 0. The third-order valence-electron chi connectivity index (χ3n) is 2.73. The van der Waals surface area contributed by atoms with Gasteiger partial charge >= 0.3 is 0 Å². The zero-order chi connectivity index (χ0) is 12.5. The van der Waals surface area contributed by atoms with Crippen LogP contribution in [-0.4, -0.2) is 13.2 Å². The van der Waals surface area contributed by atoms with Crippen LogP contribution in [0.3, 0.4) is 0 Å². The monoisotopic (exact) mass is 234 g/mol. The van der Waals surface area contributed by atoms with Gasteiger partial charge in [-0.25, -0.2) is 0 Å². The summed E-state index contributed by atoms with van der Waals surface area (Å²) in [6.45, 7) is 6.62. The summed E-state index contributed by atoms with van der Waals surface area (Å²) in [6.07, 6.45) is 5.47. The Morgan fingerprint density at radius 1 is 1.29 bits per heavy atom. The topological polar surface area (TPSA) is 18.5 Å². The smallest absolute Gasteiger partial charge is 0.118 e. The largest absolute Gasteiger partial charge is 0.497 e. The fraction of sp³-hybridized carbons (Fsp3) is 0.467. The highest BCUT2D eigenvalue weighted by atomic mass is 16.5. The van der Waals surface area contributed by atoms with E-state index in [4.69, 9.17) is 9.47 Å². The van der Waals surface area contributed by atoms with Crippen molar-refractivity contribution in [2.24, 2.45) is 0 Å². The van der Waals surface area contributed by atoms with Gasteiger partial charge in [0, 0.05) is 0 Å². The zero-order valence-corrected chi connectivity index (χ0v) is 10.8. The van der Waals surface area contributed by atoms with Crippen LogP contribution in [0.5, 0.6) is 5.75 Å². The van der Waals surface area contributed by atoms with Crippen LogP contribution in [0.2, 0.25) is 0 Å². The Morgan fingerprint density at radius 2 is 2.00 bits per heavy atom. The third-order valence-corrected chi connectivity index (χ3v) is 2.73. The van der Waals surface area contributed by atoms with E-state index in [0.717, 1.165) is 17.7 Å². The highest BCUT2D eigenvalue weighted by molar-refractivity contribution is 5.26. The summed E-state index contributed by atoms with van der Waals surface area (Å²) < 4.78 is 10.9. The lowest BCUT2D eigenvalue weighted by molar-refractivity contribution is 0.0653. The van der Waals surface area contributed by atoms with E-state index in [9.17, 15) is 0 Å². The molecule has 1 rings (SSSR count). The fourth-order valence-corrected chi connectivity index (χ4v) is 1.60. The Balaban J connectivity index is 2.39. The summed E-state index contributed by atoms with van der Waals surface area (Å²) in [6, 6.07) is 7.96. The molecular weight excluding hydrogens is 212 g/mol. The van der Waals surface area contributed by atoms with Gasteiger partial charge in [-0.05, 0) is 24.1 Å². The minimum atomic E-state index is 0.164. The molecule has 0 saturated carbocycles. The van der Waals surface area contributed by atoms with Crippen molar-refractivity contribution in [3.63, 3.8) is 0 Å². The molecule has 17 heavy (non-hydrogen) atoms. The predicted octanol–water partition coefficient (Wildman–Crippen LogP) is 3.96. The third kappa shape index (κ3) is 5.05. The molecule has 0 unspecified atom stereocenters. The van der Waals surface area contributed by atoms with Gasteiger partial charge in [0.2, 0.25) is 0 Å². The van der Waals surface area contributed by atoms with E-state index >= 15 is 0 Å². The molecule has 0 saturated heterocycles. The van der Waals surface area contributed by atoms with Gasteiger partial charge in [0.1, 0.15) is 5.75 Å². The van der Waals surface area contributed by atoms with Gasteiger partial charge in [-0.1, -0.05) is 38.0 Å². The normalized spacial score (nSPS) is 12.1. The van der Waals surface area contributed by atoms with E-state index in [1.807, 2.05) is 30.3 Å². The standard InChI is InChI=1S/C15H22O2/c1-4-6-7-14(5-2)17-12-13-8-10-15(16-3)11-9-13/h5,8-11,14H,2,4,6-7,12H2,1,3H3/t14-/m1/s1. The molecule has 0 N–H and O–H groups in total. The SMILES string of the molecule is C=C[C@H](CCCC)OCc1ccc(OC)cc1. The molecule has 2 heteroatoms. The lowest BCUT2D eigenvalue weighted by Crippen LogP contribution is -2.09. The first kappa shape index (κ1) is 13.8. The number of hydrogen-bond acceptors (Lipinski definition) is 2. The van der Waals surface area contributed by atoms with Crippen LogP contribution in [0.4, 0.5) is 0 Å². The van der Waals surface area contributed by atoms with Crippen molar-refractivity contribution >= 4 is 0 Å². The quantitative estimate of drug-likeness (QED) is 0.634. The summed E-state index contributed by atoms with van der Waals surface area (Å²) in [4.78, 5) is 0. The average Bonchev–Trinajstić information content (AvgIpc) is 2.39. The molecule has 1 aromatic rings. The summed E-state index contributed by atoms with van der Waals surface area (Å²) in [7, 11) is 1.67. The van der Waals surface area contributed by atoms with E-state index in [-0.39, 0.29) is 6.10 Å². The molecule has 0 aliphatic carbocycles. The van der Waals surface area contributed by atoms with Gasteiger partial charge in [0.15, 0.2) is 0 Å². The molecular formula is C15H22O2. The second-order valence-electron chi connectivity index (χ2n) is 4.08. The van der Waals surface area contributed by atoms with Crippen LogP contribution in [0.25, 0.3) is 0 Å². The number of ether oxygens (including phenoxy) is 2.